The standard InChI is InChI=1S/C35H40N2O5S/c1-21-17-25-24-13-12-22-18-23(38)14-15-33(22,2)31(24)28-19-34(25,3)35(21,41)20-30(40)43-32-36-26-9-6-7-10-27(26)37(32)16-8-4-5-11-29(39)42-28/h4,6-10,14-15,18,21,24-25,28,31,41H,5,11-13,16-17,19-20H2,1-3H3/b8-4+/t21-,24+,25+,28+,31-,33+,34+,35-/m1/s1. The third-order valence-corrected chi connectivity index (χ3v) is 12.6. The van der Waals surface area contributed by atoms with Crippen LogP contribution in [0.15, 0.2) is 65.4 Å². The lowest BCUT2D eigenvalue weighted by Crippen LogP contribution is -2.61. The Balaban J connectivity index is 1.30. The van der Waals surface area contributed by atoms with Crippen LogP contribution in [0.25, 0.3) is 11.0 Å². The van der Waals surface area contributed by atoms with Crippen LogP contribution in [0.1, 0.15) is 65.7 Å². The molecule has 0 amide bonds. The molecule has 3 fully saturated rings. The van der Waals surface area contributed by atoms with Crippen molar-refractivity contribution in [1.82, 2.24) is 9.55 Å². The molecule has 1 aromatic carbocycles. The number of carbonyl (C=O) groups is 3. The van der Waals surface area contributed by atoms with Gasteiger partial charge in [-0.3, -0.25) is 14.4 Å². The molecular weight excluding hydrogens is 560 g/mol. The van der Waals surface area contributed by atoms with Gasteiger partial charge in [0.05, 0.1) is 16.6 Å². The Kier molecular flexibility index (Phi) is 6.89. The van der Waals surface area contributed by atoms with Crippen molar-refractivity contribution in [2.24, 2.45) is 34.5 Å². The van der Waals surface area contributed by atoms with Gasteiger partial charge in [0, 0.05) is 36.1 Å². The third-order valence-electron chi connectivity index (χ3n) is 11.8. The van der Waals surface area contributed by atoms with Gasteiger partial charge in [-0.15, -0.1) is 0 Å². The van der Waals surface area contributed by atoms with E-state index in [9.17, 15) is 19.5 Å². The fourth-order valence-corrected chi connectivity index (χ4v) is 10.5. The van der Waals surface area contributed by atoms with Crippen molar-refractivity contribution in [2.75, 3.05) is 0 Å². The summed E-state index contributed by atoms with van der Waals surface area (Å²) in [4.78, 5) is 44.4. The van der Waals surface area contributed by atoms with E-state index in [0.717, 1.165) is 47.6 Å². The van der Waals surface area contributed by atoms with E-state index in [1.165, 1.54) is 0 Å². The summed E-state index contributed by atoms with van der Waals surface area (Å²) in [6.45, 7) is 6.92. The Bertz CT molecular complexity index is 1610. The number of hydrogen-bond acceptors (Lipinski definition) is 7. The minimum absolute atomic E-state index is 0.00725. The van der Waals surface area contributed by atoms with Gasteiger partial charge >= 0.3 is 5.97 Å². The summed E-state index contributed by atoms with van der Waals surface area (Å²) in [5.41, 5.74) is 0.636. The second-order valence-electron chi connectivity index (χ2n) is 13.9. The molecule has 1 N–H and O–H groups in total. The van der Waals surface area contributed by atoms with E-state index in [2.05, 4.69) is 20.8 Å². The highest BCUT2D eigenvalue weighted by Gasteiger charge is 2.69. The topological polar surface area (TPSA) is 98.5 Å². The van der Waals surface area contributed by atoms with Gasteiger partial charge in [-0.2, -0.15) is 0 Å². The second-order valence-corrected chi connectivity index (χ2v) is 14.9. The van der Waals surface area contributed by atoms with Crippen molar-refractivity contribution >= 4 is 39.7 Å². The SMILES string of the molecule is C[C@@H]1C[C@H]2[C@@H]3CCC4=CC(=O)C=C[C@]4(C)[C@H]3[C@@H]3C[C@]2(C)[C@@]1(O)CC(=O)Sc1nc2ccccc2n1C/C=C/CCC(=O)O3. The number of hydrogen-bond donors (Lipinski definition) is 1. The molecule has 1 aliphatic heterocycles. The molecule has 8 atom stereocenters. The summed E-state index contributed by atoms with van der Waals surface area (Å²) >= 11 is 1.12. The molecule has 4 aliphatic carbocycles. The van der Waals surface area contributed by atoms with Crippen LogP contribution < -0.4 is 0 Å². The fourth-order valence-electron chi connectivity index (χ4n) is 9.59. The lowest BCUT2D eigenvalue weighted by Gasteiger charge is -2.60. The number of ether oxygens (including phenoxy) is 1. The number of carbonyl (C=O) groups excluding carboxylic acids is 3. The average molecular weight is 601 g/mol. The molecule has 2 aromatic rings. The number of benzene rings is 1. The van der Waals surface area contributed by atoms with Crippen molar-refractivity contribution in [2.45, 2.75) is 89.1 Å². The summed E-state index contributed by atoms with van der Waals surface area (Å²) in [6.07, 6.45) is 12.9. The maximum absolute atomic E-state index is 13.9. The van der Waals surface area contributed by atoms with Crippen molar-refractivity contribution in [1.29, 1.82) is 0 Å². The number of imidazole rings is 1. The fraction of sp³-hybridized carbons (Fsp3) is 0.543. The van der Waals surface area contributed by atoms with Gasteiger partial charge in [-0.25, -0.2) is 4.98 Å². The normalized spacial score (nSPS) is 40.3. The molecule has 43 heavy (non-hydrogen) atoms. The lowest BCUT2D eigenvalue weighted by molar-refractivity contribution is -0.193. The van der Waals surface area contributed by atoms with Gasteiger partial charge in [0.1, 0.15) is 6.10 Å². The van der Waals surface area contributed by atoms with E-state index >= 15 is 0 Å². The zero-order valence-electron chi connectivity index (χ0n) is 25.1. The highest BCUT2D eigenvalue weighted by atomic mass is 32.2. The summed E-state index contributed by atoms with van der Waals surface area (Å²) in [7, 11) is 0. The van der Waals surface area contributed by atoms with Crippen molar-refractivity contribution in [3.05, 3.63) is 60.2 Å². The molecule has 0 unspecified atom stereocenters. The number of aromatic nitrogens is 2. The van der Waals surface area contributed by atoms with E-state index in [0.29, 0.717) is 24.5 Å². The number of rotatable bonds is 0. The minimum Gasteiger partial charge on any atom is -0.462 e. The van der Waals surface area contributed by atoms with Gasteiger partial charge in [-0.1, -0.05) is 56.7 Å². The smallest absolute Gasteiger partial charge is 0.306 e. The molecule has 0 spiro atoms. The summed E-state index contributed by atoms with van der Waals surface area (Å²) in [5, 5.41) is 13.2. The van der Waals surface area contributed by atoms with Crippen LogP contribution in [0.2, 0.25) is 0 Å². The van der Waals surface area contributed by atoms with Crippen LogP contribution in [0.4, 0.5) is 0 Å². The molecule has 226 valence electrons. The molecule has 0 saturated heterocycles. The summed E-state index contributed by atoms with van der Waals surface area (Å²) in [6, 6.07) is 7.85. The molecule has 2 heterocycles. The largest absolute Gasteiger partial charge is 0.462 e. The van der Waals surface area contributed by atoms with Crippen LogP contribution in [0.5, 0.6) is 0 Å². The molecule has 3 saturated carbocycles. The number of fused-ring (bicyclic) bond motifs is 9. The van der Waals surface area contributed by atoms with Gasteiger partial charge in [0.2, 0.25) is 0 Å². The number of ketones is 1. The third kappa shape index (κ3) is 4.42. The molecular formula is C35H40N2O5S. The molecule has 5 aliphatic rings. The van der Waals surface area contributed by atoms with E-state index in [-0.39, 0.29) is 53.4 Å². The van der Waals surface area contributed by atoms with Crippen LogP contribution in [0.3, 0.4) is 0 Å². The van der Waals surface area contributed by atoms with E-state index in [1.807, 2.05) is 47.1 Å². The Morgan fingerprint density at radius 1 is 1.12 bits per heavy atom. The second kappa shape index (κ2) is 10.3. The molecule has 1 aromatic heterocycles. The molecule has 7 nitrogen and oxygen atoms in total. The first-order valence-corrected chi connectivity index (χ1v) is 16.5. The van der Waals surface area contributed by atoms with Crippen molar-refractivity contribution in [3.63, 3.8) is 0 Å². The number of thioether (sulfide) groups is 1. The van der Waals surface area contributed by atoms with Crippen LogP contribution in [-0.2, 0) is 25.7 Å². The van der Waals surface area contributed by atoms with E-state index < -0.39 is 22.5 Å². The minimum atomic E-state index is -1.25. The average Bonchev–Trinajstić information content (AvgIpc) is 3.39. The van der Waals surface area contributed by atoms with Crippen molar-refractivity contribution in [3.8, 4) is 0 Å². The van der Waals surface area contributed by atoms with Gasteiger partial charge < -0.3 is 14.4 Å². The quantitative estimate of drug-likeness (QED) is 0.284. The van der Waals surface area contributed by atoms with Crippen LogP contribution >= 0.6 is 11.8 Å². The Labute approximate surface area is 256 Å². The maximum atomic E-state index is 13.9. The van der Waals surface area contributed by atoms with Crippen LogP contribution in [-0.4, -0.2) is 43.2 Å². The monoisotopic (exact) mass is 600 g/mol. The van der Waals surface area contributed by atoms with E-state index in [4.69, 9.17) is 9.72 Å². The first kappa shape index (κ1) is 28.8. The molecule has 7 rings (SSSR count). The zero-order chi connectivity index (χ0) is 30.1. The number of aliphatic hydroxyl groups is 1. The predicted molar refractivity (Wildman–Crippen MR) is 165 cm³/mol. The lowest BCUT2D eigenvalue weighted by atomic mass is 9.46. The van der Waals surface area contributed by atoms with Gasteiger partial charge in [0.25, 0.3) is 0 Å². The van der Waals surface area contributed by atoms with Crippen molar-refractivity contribution < 1.29 is 24.2 Å². The molecule has 8 heteroatoms. The highest BCUT2D eigenvalue weighted by molar-refractivity contribution is 8.13. The van der Waals surface area contributed by atoms with E-state index in [1.54, 1.807) is 12.2 Å². The number of esters is 1. The first-order chi connectivity index (χ1) is 20.5. The Morgan fingerprint density at radius 3 is 2.77 bits per heavy atom. The maximum Gasteiger partial charge on any atom is 0.306 e. The van der Waals surface area contributed by atoms with Gasteiger partial charge in [-0.05, 0) is 85.9 Å². The molecule has 2 bridgehead atoms. The predicted octanol–water partition coefficient (Wildman–Crippen LogP) is 6.20. The highest BCUT2D eigenvalue weighted by Crippen LogP contribution is 2.69. The Morgan fingerprint density at radius 2 is 1.93 bits per heavy atom. The summed E-state index contributed by atoms with van der Waals surface area (Å²) in [5.74, 6) is 0.0403. The first-order valence-electron chi connectivity index (χ1n) is 15.7. The molecule has 0 radical (unpaired) electrons. The number of nitrogens with zero attached hydrogens (tertiary/aromatic N) is 2. The number of allylic oxidation sites excluding steroid dienone is 6. The summed E-state index contributed by atoms with van der Waals surface area (Å²) < 4.78 is 8.43. The Hall–Kier alpha value is -2.97. The van der Waals surface area contributed by atoms with Crippen LogP contribution in [0, 0.1) is 34.5 Å². The zero-order valence-corrected chi connectivity index (χ0v) is 25.9. The van der Waals surface area contributed by atoms with Gasteiger partial charge in [0.15, 0.2) is 16.1 Å². The number of para-hydroxylation sites is 2.